The number of unbranched alkanes of at least 4 members (excludes halogenated alkanes) is 4. The highest BCUT2D eigenvalue weighted by Crippen LogP contribution is 2.07. The van der Waals surface area contributed by atoms with Crippen molar-refractivity contribution in [3.63, 3.8) is 0 Å². The van der Waals surface area contributed by atoms with E-state index in [2.05, 4.69) is 12.2 Å². The minimum atomic E-state index is -1.78. The molecule has 0 fully saturated rings. The summed E-state index contributed by atoms with van der Waals surface area (Å²) in [6.07, 6.45) is 0.307. The first-order chi connectivity index (χ1) is 9.95. The summed E-state index contributed by atoms with van der Waals surface area (Å²) >= 11 is 0. The van der Waals surface area contributed by atoms with E-state index in [9.17, 15) is 20.4 Å². The molecule has 0 radical (unpaired) electrons. The van der Waals surface area contributed by atoms with Gasteiger partial charge < -0.3 is 36.0 Å². The highest BCUT2D eigenvalue weighted by atomic mass is 16.4. The number of aliphatic hydroxyl groups excluding tert-OH is 6. The molecule has 0 saturated carbocycles. The molecule has 5 atom stereocenters. The molecule has 0 aromatic heterocycles. The Hall–Kier alpha value is -0.700. The van der Waals surface area contributed by atoms with Crippen LogP contribution in [0.3, 0.4) is 0 Å². The van der Waals surface area contributed by atoms with Crippen molar-refractivity contribution in [2.75, 3.05) is 6.61 Å². The quantitative estimate of drug-likeness (QED) is 0.178. The molecule has 126 valence electrons. The molecular weight excluding hydrogens is 278 g/mol. The number of aliphatic hydroxyl groups is 6. The van der Waals surface area contributed by atoms with E-state index >= 15 is 0 Å². The van der Waals surface area contributed by atoms with Gasteiger partial charge in [0.15, 0.2) is 6.23 Å². The normalized spacial score (nSPS) is 19.2. The molecule has 21 heavy (non-hydrogen) atoms. The zero-order valence-corrected chi connectivity index (χ0v) is 12.5. The number of rotatable bonds is 12. The third kappa shape index (κ3) is 8.35. The summed E-state index contributed by atoms with van der Waals surface area (Å²) in [6.45, 7) is 1.37. The van der Waals surface area contributed by atoms with Gasteiger partial charge in [0.2, 0.25) is 0 Å². The third-order valence-electron chi connectivity index (χ3n) is 3.21. The number of hydrogen-bond acceptors (Lipinski definition) is 7. The van der Waals surface area contributed by atoms with Crippen LogP contribution in [0.1, 0.15) is 39.0 Å². The van der Waals surface area contributed by atoms with Crippen LogP contribution in [0.25, 0.3) is 0 Å². The van der Waals surface area contributed by atoms with Gasteiger partial charge in [0.05, 0.1) is 6.61 Å². The van der Waals surface area contributed by atoms with Gasteiger partial charge in [-0.15, -0.1) is 0 Å². The molecular formula is C14H29NO6. The van der Waals surface area contributed by atoms with Crippen LogP contribution in [0.5, 0.6) is 0 Å². The predicted octanol–water partition coefficient (Wildman–Crippen LogP) is -1.19. The zero-order valence-electron chi connectivity index (χ0n) is 12.5. The summed E-state index contributed by atoms with van der Waals surface area (Å²) in [7, 11) is 0. The molecule has 7 heteroatoms. The molecule has 0 rings (SSSR count). The maximum Gasteiger partial charge on any atom is 0.152 e. The van der Waals surface area contributed by atoms with E-state index in [-0.39, 0.29) is 0 Å². The first kappa shape index (κ1) is 20.3. The van der Waals surface area contributed by atoms with Crippen LogP contribution in [0.4, 0.5) is 0 Å². The van der Waals surface area contributed by atoms with Gasteiger partial charge in [-0.1, -0.05) is 32.3 Å². The van der Waals surface area contributed by atoms with Gasteiger partial charge in [-0.05, 0) is 19.0 Å². The number of nitrogens with one attached hydrogen (secondary N) is 1. The highest BCUT2D eigenvalue weighted by Gasteiger charge is 2.33. The Bertz CT molecular complexity index is 276. The summed E-state index contributed by atoms with van der Waals surface area (Å²) in [5.74, 6) is 0. The van der Waals surface area contributed by atoms with Crippen LogP contribution in [-0.2, 0) is 0 Å². The van der Waals surface area contributed by atoms with Crippen LogP contribution >= 0.6 is 0 Å². The Morgan fingerprint density at radius 1 is 0.905 bits per heavy atom. The fourth-order valence-electron chi connectivity index (χ4n) is 1.76. The molecule has 1 unspecified atom stereocenters. The molecule has 0 amide bonds. The lowest BCUT2D eigenvalue weighted by Crippen LogP contribution is -2.52. The van der Waals surface area contributed by atoms with E-state index in [4.69, 9.17) is 10.2 Å². The van der Waals surface area contributed by atoms with Gasteiger partial charge in [0, 0.05) is 0 Å². The Kier molecular flexibility index (Phi) is 11.5. The molecule has 0 aliphatic rings. The SMILES string of the molecule is CCCCCCC=CNC(O)[C@H](O)[C@@H](O)[C@H](O)[C@H](O)CO. The van der Waals surface area contributed by atoms with Gasteiger partial charge in [-0.2, -0.15) is 0 Å². The summed E-state index contributed by atoms with van der Waals surface area (Å²) < 4.78 is 0. The van der Waals surface area contributed by atoms with Crippen molar-refractivity contribution in [1.82, 2.24) is 5.32 Å². The lowest BCUT2D eigenvalue weighted by Gasteiger charge is -2.28. The second-order valence-electron chi connectivity index (χ2n) is 5.08. The van der Waals surface area contributed by atoms with Gasteiger partial charge in [-0.3, -0.25) is 0 Å². The predicted molar refractivity (Wildman–Crippen MR) is 78.2 cm³/mol. The Morgan fingerprint density at radius 3 is 2.14 bits per heavy atom. The molecule has 0 aliphatic carbocycles. The summed E-state index contributed by atoms with van der Waals surface area (Å²) in [6, 6.07) is 0. The molecule has 0 heterocycles. The van der Waals surface area contributed by atoms with Crippen LogP contribution in [-0.4, -0.2) is 67.9 Å². The molecule has 7 N–H and O–H groups in total. The average molecular weight is 307 g/mol. The minimum absolute atomic E-state index is 0.758. The smallest absolute Gasteiger partial charge is 0.152 e. The van der Waals surface area contributed by atoms with Crippen molar-refractivity contribution >= 4 is 0 Å². The molecule has 0 saturated heterocycles. The molecule has 0 spiro atoms. The van der Waals surface area contributed by atoms with Gasteiger partial charge in [0.1, 0.15) is 24.4 Å². The van der Waals surface area contributed by atoms with E-state index in [1.807, 2.05) is 0 Å². The van der Waals surface area contributed by atoms with E-state index in [0.29, 0.717) is 0 Å². The van der Waals surface area contributed by atoms with E-state index in [1.54, 1.807) is 6.08 Å². The first-order valence-corrected chi connectivity index (χ1v) is 7.37. The van der Waals surface area contributed by atoms with Gasteiger partial charge >= 0.3 is 0 Å². The zero-order chi connectivity index (χ0) is 16.3. The fraction of sp³-hybridized carbons (Fsp3) is 0.857. The topological polar surface area (TPSA) is 133 Å². The summed E-state index contributed by atoms with van der Waals surface area (Å²) in [4.78, 5) is 0. The molecule has 0 aliphatic heterocycles. The van der Waals surface area contributed by atoms with Gasteiger partial charge in [0.25, 0.3) is 0 Å². The second kappa shape index (κ2) is 11.9. The van der Waals surface area contributed by atoms with Crippen molar-refractivity contribution in [3.8, 4) is 0 Å². The molecule has 0 aromatic rings. The second-order valence-corrected chi connectivity index (χ2v) is 5.08. The fourth-order valence-corrected chi connectivity index (χ4v) is 1.76. The van der Waals surface area contributed by atoms with Crippen molar-refractivity contribution in [3.05, 3.63) is 12.3 Å². The maximum absolute atomic E-state index is 9.62. The average Bonchev–Trinajstić information content (AvgIpc) is 2.50. The lowest BCUT2D eigenvalue weighted by molar-refractivity contribution is -0.143. The number of hydrogen-bond donors (Lipinski definition) is 7. The van der Waals surface area contributed by atoms with Crippen LogP contribution < -0.4 is 5.32 Å². The summed E-state index contributed by atoms with van der Waals surface area (Å²) in [5, 5.41) is 58.5. The van der Waals surface area contributed by atoms with Crippen LogP contribution in [0.15, 0.2) is 12.3 Å². The Morgan fingerprint density at radius 2 is 1.57 bits per heavy atom. The minimum Gasteiger partial charge on any atom is -0.394 e. The Balaban J connectivity index is 4.03. The van der Waals surface area contributed by atoms with Crippen molar-refractivity contribution in [1.29, 1.82) is 0 Å². The maximum atomic E-state index is 9.62. The lowest BCUT2D eigenvalue weighted by atomic mass is 10.0. The largest absolute Gasteiger partial charge is 0.394 e. The van der Waals surface area contributed by atoms with E-state index < -0.39 is 37.3 Å². The summed E-state index contributed by atoms with van der Waals surface area (Å²) in [5.41, 5.74) is 0. The molecule has 0 bridgehead atoms. The van der Waals surface area contributed by atoms with Gasteiger partial charge in [-0.25, -0.2) is 0 Å². The molecule has 0 aromatic carbocycles. The van der Waals surface area contributed by atoms with E-state index in [1.165, 1.54) is 12.6 Å². The van der Waals surface area contributed by atoms with Crippen LogP contribution in [0, 0.1) is 0 Å². The van der Waals surface area contributed by atoms with Crippen molar-refractivity contribution < 1.29 is 30.6 Å². The Labute approximate surface area is 125 Å². The molecule has 7 nitrogen and oxygen atoms in total. The van der Waals surface area contributed by atoms with E-state index in [0.717, 1.165) is 25.7 Å². The monoisotopic (exact) mass is 307 g/mol. The number of allylic oxidation sites excluding steroid dienone is 1. The van der Waals surface area contributed by atoms with Crippen molar-refractivity contribution in [2.24, 2.45) is 0 Å². The first-order valence-electron chi connectivity index (χ1n) is 7.37. The van der Waals surface area contributed by atoms with Crippen LogP contribution in [0.2, 0.25) is 0 Å². The third-order valence-corrected chi connectivity index (χ3v) is 3.21. The van der Waals surface area contributed by atoms with Crippen molar-refractivity contribution in [2.45, 2.75) is 69.7 Å². The highest BCUT2D eigenvalue weighted by molar-refractivity contribution is 4.87. The standard InChI is InChI=1S/C14H29NO6/c1-2-3-4-5-6-7-8-15-14(21)13(20)12(19)11(18)10(17)9-16/h7-8,10-21H,2-6,9H2,1H3/t10-,11-,12+,13-,14?/m1/s1.